The Kier molecular flexibility index (Phi) is 3.63. The van der Waals surface area contributed by atoms with Gasteiger partial charge in [-0.05, 0) is 6.92 Å². The zero-order valence-electron chi connectivity index (χ0n) is 10.3. The Morgan fingerprint density at radius 3 is 2.47 bits per heavy atom. The number of nitrogens with two attached hydrogens (primary N) is 1. The second kappa shape index (κ2) is 4.86. The molecule has 4 nitrogen and oxygen atoms in total. The molecule has 1 amide bonds. The average Bonchev–Trinajstić information content (AvgIpc) is 2.55. The zero-order valence-corrected chi connectivity index (χ0v) is 11.9. The van der Waals surface area contributed by atoms with Crippen LogP contribution in [0.1, 0.15) is 29.2 Å². The Morgan fingerprint density at radius 2 is 2.00 bits per heavy atom. The van der Waals surface area contributed by atoms with E-state index in [1.807, 2.05) is 23.6 Å². The van der Waals surface area contributed by atoms with Crippen LogP contribution in [0, 0.1) is 6.92 Å². The van der Waals surface area contributed by atoms with Crippen molar-refractivity contribution in [3.63, 3.8) is 0 Å². The van der Waals surface area contributed by atoms with E-state index in [0.29, 0.717) is 20.5 Å². The molecule has 2 atom stereocenters. The van der Waals surface area contributed by atoms with Crippen molar-refractivity contribution in [3.05, 3.63) is 10.6 Å². The number of anilines is 1. The SMILES string of the molecule is Cc1nc(N)sc1C(=O)N1CC(C)SC(C)C1. The van der Waals surface area contributed by atoms with Gasteiger partial charge in [0.15, 0.2) is 5.13 Å². The summed E-state index contributed by atoms with van der Waals surface area (Å²) in [5.74, 6) is 0.0794. The molecular formula is C11H17N3OS2. The first kappa shape index (κ1) is 12.7. The first-order chi connectivity index (χ1) is 7.97. The quantitative estimate of drug-likeness (QED) is 0.848. The van der Waals surface area contributed by atoms with Crippen molar-refractivity contribution >= 4 is 34.1 Å². The van der Waals surface area contributed by atoms with Gasteiger partial charge in [-0.25, -0.2) is 4.98 Å². The van der Waals surface area contributed by atoms with Gasteiger partial charge in [0.2, 0.25) is 0 Å². The van der Waals surface area contributed by atoms with Gasteiger partial charge < -0.3 is 10.6 Å². The second-order valence-electron chi connectivity index (χ2n) is 4.43. The first-order valence-electron chi connectivity index (χ1n) is 5.65. The molecule has 1 fully saturated rings. The minimum atomic E-state index is 0.0794. The molecule has 2 unspecified atom stereocenters. The molecule has 94 valence electrons. The Hall–Kier alpha value is -0.750. The number of nitrogens with zero attached hydrogens (tertiary/aromatic N) is 2. The standard InChI is InChI=1S/C11H17N3OS2/c1-6-4-14(5-7(2)16-6)10(15)9-8(3)13-11(12)17-9/h6-7H,4-5H2,1-3H3,(H2,12,13). The van der Waals surface area contributed by atoms with E-state index in [2.05, 4.69) is 18.8 Å². The molecule has 0 aromatic carbocycles. The van der Waals surface area contributed by atoms with Gasteiger partial charge in [-0.1, -0.05) is 25.2 Å². The largest absolute Gasteiger partial charge is 0.375 e. The number of amides is 1. The highest BCUT2D eigenvalue weighted by atomic mass is 32.2. The maximum atomic E-state index is 12.4. The van der Waals surface area contributed by atoms with E-state index in [1.165, 1.54) is 11.3 Å². The molecule has 0 spiro atoms. The molecule has 0 saturated carbocycles. The van der Waals surface area contributed by atoms with E-state index in [9.17, 15) is 4.79 Å². The van der Waals surface area contributed by atoms with Crippen LogP contribution in [0.25, 0.3) is 0 Å². The van der Waals surface area contributed by atoms with Crippen LogP contribution < -0.4 is 5.73 Å². The summed E-state index contributed by atoms with van der Waals surface area (Å²) in [7, 11) is 0. The lowest BCUT2D eigenvalue weighted by atomic mass is 10.3. The Bertz CT molecular complexity index is 422. The maximum Gasteiger partial charge on any atom is 0.265 e. The maximum absolute atomic E-state index is 12.4. The van der Waals surface area contributed by atoms with Gasteiger partial charge in [-0.2, -0.15) is 11.8 Å². The predicted octanol–water partition coefficient (Wildman–Crippen LogP) is 2.00. The van der Waals surface area contributed by atoms with Crippen LogP contribution >= 0.6 is 23.1 Å². The summed E-state index contributed by atoms with van der Waals surface area (Å²) in [6.45, 7) is 7.78. The Balaban J connectivity index is 2.17. The van der Waals surface area contributed by atoms with Crippen molar-refractivity contribution in [3.8, 4) is 0 Å². The Morgan fingerprint density at radius 1 is 1.41 bits per heavy atom. The van der Waals surface area contributed by atoms with Crippen LogP contribution in [0.4, 0.5) is 5.13 Å². The highest BCUT2D eigenvalue weighted by Gasteiger charge is 2.28. The molecule has 1 aromatic heterocycles. The number of carbonyl (C=O) groups is 1. The van der Waals surface area contributed by atoms with Crippen molar-refractivity contribution in [1.82, 2.24) is 9.88 Å². The number of carbonyl (C=O) groups excluding carboxylic acids is 1. The van der Waals surface area contributed by atoms with Gasteiger partial charge in [-0.15, -0.1) is 0 Å². The molecule has 1 aromatic rings. The minimum absolute atomic E-state index is 0.0794. The number of aryl methyl sites for hydroxylation is 1. The van der Waals surface area contributed by atoms with E-state index >= 15 is 0 Å². The summed E-state index contributed by atoms with van der Waals surface area (Å²) in [5, 5.41) is 1.46. The smallest absolute Gasteiger partial charge is 0.265 e. The van der Waals surface area contributed by atoms with Crippen LogP contribution in [0.5, 0.6) is 0 Å². The molecule has 2 rings (SSSR count). The molecule has 2 N–H and O–H groups in total. The lowest BCUT2D eigenvalue weighted by Crippen LogP contribution is -2.43. The van der Waals surface area contributed by atoms with Gasteiger partial charge in [0.1, 0.15) is 4.88 Å². The summed E-state index contributed by atoms with van der Waals surface area (Å²) >= 11 is 3.22. The zero-order chi connectivity index (χ0) is 12.6. The molecule has 6 heteroatoms. The van der Waals surface area contributed by atoms with E-state index in [1.54, 1.807) is 0 Å². The van der Waals surface area contributed by atoms with Crippen molar-refractivity contribution in [2.45, 2.75) is 31.3 Å². The lowest BCUT2D eigenvalue weighted by Gasteiger charge is -2.34. The molecule has 1 aliphatic rings. The summed E-state index contributed by atoms with van der Waals surface area (Å²) < 4.78 is 0. The van der Waals surface area contributed by atoms with Crippen molar-refractivity contribution < 1.29 is 4.79 Å². The van der Waals surface area contributed by atoms with E-state index < -0.39 is 0 Å². The number of rotatable bonds is 1. The fourth-order valence-corrected chi connectivity index (χ4v) is 4.23. The molecule has 1 saturated heterocycles. The fourth-order valence-electron chi connectivity index (χ4n) is 2.10. The van der Waals surface area contributed by atoms with Gasteiger partial charge in [-0.3, -0.25) is 4.79 Å². The first-order valence-corrected chi connectivity index (χ1v) is 7.41. The number of hydrogen-bond acceptors (Lipinski definition) is 5. The molecule has 17 heavy (non-hydrogen) atoms. The van der Waals surface area contributed by atoms with Crippen LogP contribution in [0.2, 0.25) is 0 Å². The number of aromatic nitrogens is 1. The number of thioether (sulfide) groups is 1. The van der Waals surface area contributed by atoms with Crippen molar-refractivity contribution in [1.29, 1.82) is 0 Å². The average molecular weight is 271 g/mol. The third-order valence-electron chi connectivity index (χ3n) is 2.71. The van der Waals surface area contributed by atoms with Crippen LogP contribution in [-0.4, -0.2) is 39.4 Å². The summed E-state index contributed by atoms with van der Waals surface area (Å²) in [6.07, 6.45) is 0. The van der Waals surface area contributed by atoms with E-state index in [4.69, 9.17) is 5.73 Å². The molecule has 0 bridgehead atoms. The highest BCUT2D eigenvalue weighted by molar-refractivity contribution is 8.00. The van der Waals surface area contributed by atoms with Crippen molar-refractivity contribution in [2.24, 2.45) is 0 Å². The molecule has 2 heterocycles. The fraction of sp³-hybridized carbons (Fsp3) is 0.636. The van der Waals surface area contributed by atoms with Crippen LogP contribution in [0.3, 0.4) is 0 Å². The molecule has 0 aliphatic carbocycles. The summed E-state index contributed by atoms with van der Waals surface area (Å²) in [5.41, 5.74) is 6.38. The molecule has 0 radical (unpaired) electrons. The predicted molar refractivity (Wildman–Crippen MR) is 73.7 cm³/mol. The van der Waals surface area contributed by atoms with Crippen LogP contribution in [-0.2, 0) is 0 Å². The van der Waals surface area contributed by atoms with E-state index in [-0.39, 0.29) is 5.91 Å². The van der Waals surface area contributed by atoms with E-state index in [0.717, 1.165) is 18.8 Å². The molecular weight excluding hydrogens is 254 g/mol. The normalized spacial score (nSPS) is 25.0. The highest BCUT2D eigenvalue weighted by Crippen LogP contribution is 2.28. The topological polar surface area (TPSA) is 59.2 Å². The lowest BCUT2D eigenvalue weighted by molar-refractivity contribution is 0.0757. The number of thiazole rings is 1. The van der Waals surface area contributed by atoms with Gasteiger partial charge in [0.25, 0.3) is 5.91 Å². The minimum Gasteiger partial charge on any atom is -0.375 e. The van der Waals surface area contributed by atoms with Gasteiger partial charge in [0.05, 0.1) is 5.69 Å². The Labute approximate surface area is 110 Å². The summed E-state index contributed by atoms with van der Waals surface area (Å²) in [4.78, 5) is 19.1. The van der Waals surface area contributed by atoms with Gasteiger partial charge in [0, 0.05) is 23.6 Å². The monoisotopic (exact) mass is 271 g/mol. The molecule has 1 aliphatic heterocycles. The van der Waals surface area contributed by atoms with Gasteiger partial charge >= 0.3 is 0 Å². The van der Waals surface area contributed by atoms with Crippen molar-refractivity contribution in [2.75, 3.05) is 18.8 Å². The number of hydrogen-bond donors (Lipinski definition) is 1. The summed E-state index contributed by atoms with van der Waals surface area (Å²) in [6, 6.07) is 0. The number of nitrogen functional groups attached to an aromatic ring is 1. The van der Waals surface area contributed by atoms with Crippen LogP contribution in [0.15, 0.2) is 0 Å². The second-order valence-corrected chi connectivity index (χ2v) is 7.35. The third kappa shape index (κ3) is 2.74. The third-order valence-corrected chi connectivity index (χ3v) is 4.92.